The Balaban J connectivity index is 2.38. The maximum Gasteiger partial charge on any atom is 0.405 e. The highest BCUT2D eigenvalue weighted by Gasteiger charge is 2.29. The van der Waals surface area contributed by atoms with Crippen LogP contribution in [0.2, 0.25) is 0 Å². The van der Waals surface area contributed by atoms with E-state index in [9.17, 15) is 18.0 Å². The van der Waals surface area contributed by atoms with Gasteiger partial charge in [-0.25, -0.2) is 4.98 Å². The SMILES string of the molecule is Cc1cc(C)c2c(N)c(C(=O)NCC(F)(F)F)sc2n1. The number of aryl methyl sites for hydroxylation is 2. The molecule has 1 amide bonds. The van der Waals surface area contributed by atoms with E-state index in [0.717, 1.165) is 22.6 Å². The highest BCUT2D eigenvalue weighted by Crippen LogP contribution is 2.34. The van der Waals surface area contributed by atoms with Gasteiger partial charge in [0.25, 0.3) is 5.91 Å². The molecule has 8 heteroatoms. The molecule has 3 N–H and O–H groups in total. The summed E-state index contributed by atoms with van der Waals surface area (Å²) >= 11 is 0.995. The number of fused-ring (bicyclic) bond motifs is 1. The van der Waals surface area contributed by atoms with Crippen LogP contribution in [0.1, 0.15) is 20.9 Å². The minimum atomic E-state index is -4.45. The van der Waals surface area contributed by atoms with Crippen molar-refractivity contribution in [2.45, 2.75) is 20.0 Å². The molecule has 0 aliphatic carbocycles. The third-order valence-electron chi connectivity index (χ3n) is 2.68. The van der Waals surface area contributed by atoms with Gasteiger partial charge in [0.05, 0.1) is 5.69 Å². The molecule has 0 unspecified atom stereocenters. The Hall–Kier alpha value is -1.83. The molecule has 0 spiro atoms. The van der Waals surface area contributed by atoms with Crippen molar-refractivity contribution in [2.75, 3.05) is 12.3 Å². The van der Waals surface area contributed by atoms with E-state index in [4.69, 9.17) is 5.73 Å². The Morgan fingerprint density at radius 3 is 2.70 bits per heavy atom. The fourth-order valence-corrected chi connectivity index (χ4v) is 3.03. The van der Waals surface area contributed by atoms with Crippen LogP contribution in [0.5, 0.6) is 0 Å². The minimum Gasteiger partial charge on any atom is -0.397 e. The third kappa shape index (κ3) is 2.84. The summed E-state index contributed by atoms with van der Waals surface area (Å²) < 4.78 is 36.3. The fraction of sp³-hybridized carbons (Fsp3) is 0.333. The largest absolute Gasteiger partial charge is 0.405 e. The number of nitrogens with zero attached hydrogens (tertiary/aromatic N) is 1. The average molecular weight is 303 g/mol. The monoisotopic (exact) mass is 303 g/mol. The molecule has 0 aliphatic rings. The van der Waals surface area contributed by atoms with Crippen LogP contribution in [0.25, 0.3) is 10.2 Å². The zero-order valence-electron chi connectivity index (χ0n) is 10.8. The standard InChI is InChI=1S/C12H12F3N3OS/c1-5-3-6(2)18-11-7(5)8(16)9(20-11)10(19)17-4-12(13,14)15/h3H,4,16H2,1-2H3,(H,17,19). The second-order valence-corrected chi connectivity index (χ2v) is 5.40. The van der Waals surface area contributed by atoms with Crippen molar-refractivity contribution >= 4 is 33.1 Å². The maximum atomic E-state index is 12.1. The summed E-state index contributed by atoms with van der Waals surface area (Å²) in [6, 6.07) is 1.81. The van der Waals surface area contributed by atoms with E-state index in [0.29, 0.717) is 10.2 Å². The molecule has 2 aromatic rings. The molecule has 0 saturated carbocycles. The number of halogens is 3. The lowest BCUT2D eigenvalue weighted by Gasteiger charge is -2.07. The molecule has 0 aliphatic heterocycles. The summed E-state index contributed by atoms with van der Waals surface area (Å²) in [7, 11) is 0. The first kappa shape index (κ1) is 14.6. The molecule has 2 rings (SSSR count). The number of thiophene rings is 1. The van der Waals surface area contributed by atoms with Gasteiger partial charge in [-0.2, -0.15) is 13.2 Å². The van der Waals surface area contributed by atoms with Crippen LogP contribution in [0.4, 0.5) is 18.9 Å². The number of carbonyl (C=O) groups is 1. The van der Waals surface area contributed by atoms with Crippen LogP contribution in [-0.4, -0.2) is 23.6 Å². The van der Waals surface area contributed by atoms with Crippen molar-refractivity contribution in [2.24, 2.45) is 0 Å². The first-order valence-electron chi connectivity index (χ1n) is 5.70. The van der Waals surface area contributed by atoms with Gasteiger partial charge in [0.15, 0.2) is 0 Å². The average Bonchev–Trinajstić information content (AvgIpc) is 2.62. The Labute approximate surface area is 116 Å². The van der Waals surface area contributed by atoms with Gasteiger partial charge in [0.2, 0.25) is 0 Å². The number of aromatic nitrogens is 1. The number of pyridine rings is 1. The van der Waals surface area contributed by atoms with Gasteiger partial charge in [-0.15, -0.1) is 11.3 Å². The molecular formula is C12H12F3N3OS. The zero-order valence-corrected chi connectivity index (χ0v) is 11.6. The van der Waals surface area contributed by atoms with Gasteiger partial charge in [-0.05, 0) is 25.5 Å². The Kier molecular flexibility index (Phi) is 3.59. The first-order valence-corrected chi connectivity index (χ1v) is 6.52. The van der Waals surface area contributed by atoms with Gasteiger partial charge < -0.3 is 11.1 Å². The highest BCUT2D eigenvalue weighted by molar-refractivity contribution is 7.21. The number of nitrogens with two attached hydrogens (primary N) is 1. The molecule has 20 heavy (non-hydrogen) atoms. The third-order valence-corrected chi connectivity index (χ3v) is 3.78. The molecule has 2 heterocycles. The minimum absolute atomic E-state index is 0.0606. The first-order chi connectivity index (χ1) is 9.19. The molecule has 0 aromatic carbocycles. The predicted octanol–water partition coefficient (Wildman–Crippen LogP) is 2.79. The van der Waals surface area contributed by atoms with Crippen LogP contribution in [-0.2, 0) is 0 Å². The van der Waals surface area contributed by atoms with Crippen LogP contribution in [0, 0.1) is 13.8 Å². The summed E-state index contributed by atoms with van der Waals surface area (Å²) in [5.74, 6) is -0.833. The van der Waals surface area contributed by atoms with Gasteiger partial charge in [-0.3, -0.25) is 4.79 Å². The number of carbonyl (C=O) groups excluding carboxylic acids is 1. The second kappa shape index (κ2) is 4.93. The number of alkyl halides is 3. The zero-order chi connectivity index (χ0) is 15.1. The molecule has 0 saturated heterocycles. The van der Waals surface area contributed by atoms with Crippen molar-refractivity contribution < 1.29 is 18.0 Å². The van der Waals surface area contributed by atoms with Gasteiger partial charge in [0.1, 0.15) is 16.3 Å². The van der Waals surface area contributed by atoms with E-state index in [-0.39, 0.29) is 10.6 Å². The quantitative estimate of drug-likeness (QED) is 0.896. The summed E-state index contributed by atoms with van der Waals surface area (Å²) in [6.45, 7) is 2.23. The summed E-state index contributed by atoms with van der Waals surface area (Å²) in [5, 5.41) is 2.44. The lowest BCUT2D eigenvalue weighted by atomic mass is 10.1. The highest BCUT2D eigenvalue weighted by atomic mass is 32.1. The molecule has 0 radical (unpaired) electrons. The molecule has 0 atom stereocenters. The molecule has 4 nitrogen and oxygen atoms in total. The maximum absolute atomic E-state index is 12.1. The van der Waals surface area contributed by atoms with Gasteiger partial charge >= 0.3 is 6.18 Å². The summed E-state index contributed by atoms with van der Waals surface area (Å²) in [4.78, 5) is 16.6. The van der Waals surface area contributed by atoms with Crippen LogP contribution < -0.4 is 11.1 Å². The number of anilines is 1. The summed E-state index contributed by atoms with van der Waals surface area (Å²) in [5.41, 5.74) is 7.64. The Morgan fingerprint density at radius 2 is 2.10 bits per heavy atom. The van der Waals surface area contributed by atoms with E-state index in [2.05, 4.69) is 4.98 Å². The van der Waals surface area contributed by atoms with Crippen LogP contribution in [0.15, 0.2) is 6.07 Å². The normalized spacial score (nSPS) is 11.8. The van der Waals surface area contributed by atoms with Crippen molar-refractivity contribution in [1.29, 1.82) is 0 Å². The van der Waals surface area contributed by atoms with E-state index in [1.54, 1.807) is 6.92 Å². The number of nitrogen functional groups attached to an aromatic ring is 1. The van der Waals surface area contributed by atoms with E-state index in [1.807, 2.05) is 18.3 Å². The number of amides is 1. The molecule has 0 bridgehead atoms. The van der Waals surface area contributed by atoms with Crippen molar-refractivity contribution in [3.8, 4) is 0 Å². The number of rotatable bonds is 2. The Bertz CT molecular complexity index is 679. The van der Waals surface area contributed by atoms with Crippen LogP contribution >= 0.6 is 11.3 Å². The Morgan fingerprint density at radius 1 is 1.45 bits per heavy atom. The predicted molar refractivity (Wildman–Crippen MR) is 71.9 cm³/mol. The van der Waals surface area contributed by atoms with Crippen LogP contribution in [0.3, 0.4) is 0 Å². The van der Waals surface area contributed by atoms with Crippen molar-refractivity contribution in [3.63, 3.8) is 0 Å². The molecular weight excluding hydrogens is 291 g/mol. The van der Waals surface area contributed by atoms with E-state index in [1.165, 1.54) is 0 Å². The number of hydrogen-bond donors (Lipinski definition) is 2. The number of hydrogen-bond acceptors (Lipinski definition) is 4. The van der Waals surface area contributed by atoms with E-state index < -0.39 is 18.6 Å². The van der Waals surface area contributed by atoms with Crippen molar-refractivity contribution in [3.05, 3.63) is 22.2 Å². The lowest BCUT2D eigenvalue weighted by Crippen LogP contribution is -2.33. The van der Waals surface area contributed by atoms with Gasteiger partial charge in [0, 0.05) is 11.1 Å². The number of nitrogens with one attached hydrogen (secondary N) is 1. The van der Waals surface area contributed by atoms with Crippen molar-refractivity contribution in [1.82, 2.24) is 10.3 Å². The molecule has 108 valence electrons. The molecule has 2 aromatic heterocycles. The van der Waals surface area contributed by atoms with E-state index >= 15 is 0 Å². The molecule has 0 fully saturated rings. The smallest absolute Gasteiger partial charge is 0.397 e. The summed E-state index contributed by atoms with van der Waals surface area (Å²) in [6.07, 6.45) is -4.45. The van der Waals surface area contributed by atoms with Gasteiger partial charge in [-0.1, -0.05) is 0 Å². The fourth-order valence-electron chi connectivity index (χ4n) is 1.90. The topological polar surface area (TPSA) is 68.0 Å². The lowest BCUT2D eigenvalue weighted by molar-refractivity contribution is -0.123. The second-order valence-electron chi connectivity index (χ2n) is 4.40.